The van der Waals surface area contributed by atoms with Crippen molar-refractivity contribution >= 4 is 5.84 Å². The van der Waals surface area contributed by atoms with Gasteiger partial charge in [-0.15, -0.1) is 0 Å². The van der Waals surface area contributed by atoms with Crippen molar-refractivity contribution in [3.05, 3.63) is 47.8 Å². The number of hydrogen-bond donors (Lipinski definition) is 2. The second kappa shape index (κ2) is 6.23. The number of amidine groups is 1. The predicted octanol–water partition coefficient (Wildman–Crippen LogP) is 2.72. The summed E-state index contributed by atoms with van der Waals surface area (Å²) in [5.41, 5.74) is 7.00. The first-order chi connectivity index (χ1) is 9.60. The lowest BCUT2D eigenvalue weighted by Gasteiger charge is -2.08. The van der Waals surface area contributed by atoms with Crippen molar-refractivity contribution in [3.8, 4) is 5.75 Å². The lowest BCUT2D eigenvalue weighted by molar-refractivity contribution is 0.298. The molecule has 3 N–H and O–H groups in total. The minimum absolute atomic E-state index is 0.0591. The van der Waals surface area contributed by atoms with Crippen LogP contribution >= 0.6 is 0 Å². The molecule has 1 unspecified atom stereocenters. The van der Waals surface area contributed by atoms with E-state index in [1.54, 1.807) is 12.1 Å². The molecule has 0 bridgehead atoms. The highest BCUT2D eigenvalue weighted by Gasteiger charge is 2.05. The van der Waals surface area contributed by atoms with E-state index in [0.29, 0.717) is 18.2 Å². The highest BCUT2D eigenvalue weighted by Crippen LogP contribution is 2.14. The standard InChI is InChI=1S/C15H20N4O/c1-3-11(2)19-9-8-13(18-19)10-20-14-6-4-12(5-7-14)15(16)17/h4-9,11H,3,10H2,1-2H3,(H3,16,17). The maximum Gasteiger partial charge on any atom is 0.132 e. The molecule has 1 aromatic carbocycles. The summed E-state index contributed by atoms with van der Waals surface area (Å²) in [4.78, 5) is 0. The largest absolute Gasteiger partial charge is 0.487 e. The van der Waals surface area contributed by atoms with Crippen LogP contribution < -0.4 is 10.5 Å². The minimum Gasteiger partial charge on any atom is -0.487 e. The minimum atomic E-state index is 0.0591. The van der Waals surface area contributed by atoms with E-state index in [1.807, 2.05) is 29.1 Å². The van der Waals surface area contributed by atoms with E-state index < -0.39 is 0 Å². The van der Waals surface area contributed by atoms with Gasteiger partial charge in [0.05, 0.1) is 5.69 Å². The molecule has 106 valence electrons. The maximum absolute atomic E-state index is 7.33. The summed E-state index contributed by atoms with van der Waals surface area (Å²) in [6.45, 7) is 4.71. The topological polar surface area (TPSA) is 76.9 Å². The maximum atomic E-state index is 7.33. The van der Waals surface area contributed by atoms with Crippen molar-refractivity contribution in [2.45, 2.75) is 32.9 Å². The molecular formula is C15H20N4O. The van der Waals surface area contributed by atoms with Gasteiger partial charge >= 0.3 is 0 Å². The summed E-state index contributed by atoms with van der Waals surface area (Å²) < 4.78 is 7.62. The Morgan fingerprint density at radius 2 is 2.05 bits per heavy atom. The summed E-state index contributed by atoms with van der Waals surface area (Å²) in [7, 11) is 0. The molecule has 0 spiro atoms. The zero-order chi connectivity index (χ0) is 14.5. The molecule has 0 amide bonds. The van der Waals surface area contributed by atoms with Crippen LogP contribution in [0.4, 0.5) is 0 Å². The third kappa shape index (κ3) is 3.38. The monoisotopic (exact) mass is 272 g/mol. The summed E-state index contributed by atoms with van der Waals surface area (Å²) in [5.74, 6) is 0.803. The molecule has 1 atom stereocenters. The van der Waals surface area contributed by atoms with Crippen LogP contribution in [-0.4, -0.2) is 15.6 Å². The van der Waals surface area contributed by atoms with Crippen molar-refractivity contribution in [3.63, 3.8) is 0 Å². The van der Waals surface area contributed by atoms with Gasteiger partial charge in [-0.25, -0.2) is 0 Å². The molecule has 2 aromatic rings. The van der Waals surface area contributed by atoms with Crippen molar-refractivity contribution in [1.29, 1.82) is 5.41 Å². The molecule has 5 nitrogen and oxygen atoms in total. The third-order valence-electron chi connectivity index (χ3n) is 3.26. The fraction of sp³-hybridized carbons (Fsp3) is 0.333. The highest BCUT2D eigenvalue weighted by atomic mass is 16.5. The van der Waals surface area contributed by atoms with Gasteiger partial charge in [-0.3, -0.25) is 10.1 Å². The van der Waals surface area contributed by atoms with Gasteiger partial charge < -0.3 is 10.5 Å². The molecule has 20 heavy (non-hydrogen) atoms. The van der Waals surface area contributed by atoms with Gasteiger partial charge in [0.25, 0.3) is 0 Å². The number of nitrogen functional groups attached to an aromatic ring is 1. The van der Waals surface area contributed by atoms with Gasteiger partial charge in [-0.05, 0) is 43.7 Å². The average Bonchev–Trinajstić information content (AvgIpc) is 2.93. The number of rotatable bonds is 6. The Morgan fingerprint density at radius 3 is 2.65 bits per heavy atom. The number of ether oxygens (including phenoxy) is 1. The Morgan fingerprint density at radius 1 is 1.35 bits per heavy atom. The zero-order valence-electron chi connectivity index (χ0n) is 11.8. The van der Waals surface area contributed by atoms with Crippen molar-refractivity contribution in [1.82, 2.24) is 9.78 Å². The molecular weight excluding hydrogens is 252 g/mol. The summed E-state index contributed by atoms with van der Waals surface area (Å²) in [6.07, 6.45) is 3.03. The van der Waals surface area contributed by atoms with Crippen molar-refractivity contribution in [2.24, 2.45) is 5.73 Å². The Labute approximate surface area is 118 Å². The van der Waals surface area contributed by atoms with E-state index in [4.69, 9.17) is 15.9 Å². The van der Waals surface area contributed by atoms with E-state index in [-0.39, 0.29) is 5.84 Å². The smallest absolute Gasteiger partial charge is 0.132 e. The molecule has 0 aliphatic heterocycles. The van der Waals surface area contributed by atoms with Crippen LogP contribution in [0, 0.1) is 5.41 Å². The first kappa shape index (κ1) is 14.1. The van der Waals surface area contributed by atoms with Crippen molar-refractivity contribution < 1.29 is 4.74 Å². The average molecular weight is 272 g/mol. The number of aromatic nitrogens is 2. The zero-order valence-corrected chi connectivity index (χ0v) is 11.8. The second-order valence-electron chi connectivity index (χ2n) is 4.77. The quantitative estimate of drug-likeness (QED) is 0.627. The van der Waals surface area contributed by atoms with Gasteiger partial charge in [0, 0.05) is 17.8 Å². The fourth-order valence-corrected chi connectivity index (χ4v) is 1.77. The molecule has 1 heterocycles. The number of nitrogens with zero attached hydrogens (tertiary/aromatic N) is 2. The van der Waals surface area contributed by atoms with E-state index >= 15 is 0 Å². The van der Waals surface area contributed by atoms with E-state index in [0.717, 1.165) is 17.9 Å². The highest BCUT2D eigenvalue weighted by molar-refractivity contribution is 5.94. The normalized spacial score (nSPS) is 12.1. The van der Waals surface area contributed by atoms with Crippen LogP contribution in [0.5, 0.6) is 5.75 Å². The first-order valence-corrected chi connectivity index (χ1v) is 6.71. The molecule has 0 saturated heterocycles. The van der Waals surface area contributed by atoms with Crippen LogP contribution in [0.25, 0.3) is 0 Å². The number of hydrogen-bond acceptors (Lipinski definition) is 3. The van der Waals surface area contributed by atoms with Gasteiger partial charge in [0.1, 0.15) is 18.2 Å². The molecule has 0 aliphatic rings. The molecule has 2 rings (SSSR count). The lowest BCUT2D eigenvalue weighted by atomic mass is 10.2. The molecule has 0 radical (unpaired) electrons. The van der Waals surface area contributed by atoms with Crippen LogP contribution in [-0.2, 0) is 6.61 Å². The van der Waals surface area contributed by atoms with Crippen LogP contribution in [0.15, 0.2) is 36.5 Å². The third-order valence-corrected chi connectivity index (χ3v) is 3.26. The van der Waals surface area contributed by atoms with Gasteiger partial charge in [-0.1, -0.05) is 6.92 Å². The Hall–Kier alpha value is -2.30. The van der Waals surface area contributed by atoms with Gasteiger partial charge in [0.2, 0.25) is 0 Å². The molecule has 0 fully saturated rings. The molecule has 1 aromatic heterocycles. The van der Waals surface area contributed by atoms with Crippen LogP contribution in [0.2, 0.25) is 0 Å². The number of benzene rings is 1. The summed E-state index contributed by atoms with van der Waals surface area (Å²) in [6, 6.07) is 9.53. The Bertz CT molecular complexity index is 574. The van der Waals surface area contributed by atoms with E-state index in [1.165, 1.54) is 0 Å². The fourth-order valence-electron chi connectivity index (χ4n) is 1.77. The SMILES string of the molecule is CCC(C)n1ccc(COc2ccc(C(=N)N)cc2)n1. The summed E-state index contributed by atoms with van der Waals surface area (Å²) in [5, 5.41) is 11.8. The van der Waals surface area contributed by atoms with Crippen LogP contribution in [0.3, 0.4) is 0 Å². The molecule has 0 aliphatic carbocycles. The Balaban J connectivity index is 1.94. The van der Waals surface area contributed by atoms with Gasteiger partial charge in [0.15, 0.2) is 0 Å². The Kier molecular flexibility index (Phi) is 4.40. The number of nitrogens with two attached hydrogens (primary N) is 1. The predicted molar refractivity (Wildman–Crippen MR) is 79.0 cm³/mol. The lowest BCUT2D eigenvalue weighted by Crippen LogP contribution is -2.10. The number of nitrogens with one attached hydrogen (secondary N) is 1. The van der Waals surface area contributed by atoms with Crippen molar-refractivity contribution in [2.75, 3.05) is 0 Å². The van der Waals surface area contributed by atoms with E-state index in [2.05, 4.69) is 18.9 Å². The second-order valence-corrected chi connectivity index (χ2v) is 4.77. The van der Waals surface area contributed by atoms with Gasteiger partial charge in [-0.2, -0.15) is 5.10 Å². The van der Waals surface area contributed by atoms with Crippen LogP contribution in [0.1, 0.15) is 37.6 Å². The molecule has 0 saturated carbocycles. The van der Waals surface area contributed by atoms with E-state index in [9.17, 15) is 0 Å². The summed E-state index contributed by atoms with van der Waals surface area (Å²) >= 11 is 0. The molecule has 5 heteroatoms. The first-order valence-electron chi connectivity index (χ1n) is 6.71.